The van der Waals surface area contributed by atoms with Crippen LogP contribution in [0.15, 0.2) is 18.2 Å². The molecule has 0 aliphatic carbocycles. The van der Waals surface area contributed by atoms with Crippen LogP contribution < -0.4 is 0 Å². The number of H-pyrrole nitrogens is 1. The van der Waals surface area contributed by atoms with E-state index >= 15 is 0 Å². The Bertz CT molecular complexity index is 368. The van der Waals surface area contributed by atoms with E-state index in [0.29, 0.717) is 11.1 Å². The Labute approximate surface area is 62.2 Å². The standard InChI is InChI=1S/C7H6FN3/c8-4-5-2-1-3-6-7(5)10-11-9-6/h1-3H,4H2,(H,9,10,11). The van der Waals surface area contributed by atoms with Crippen LogP contribution in [0.25, 0.3) is 11.0 Å². The van der Waals surface area contributed by atoms with Gasteiger partial charge < -0.3 is 0 Å². The molecule has 4 heteroatoms. The fourth-order valence-electron chi connectivity index (χ4n) is 1.04. The first-order chi connectivity index (χ1) is 5.42. The van der Waals surface area contributed by atoms with Crippen LogP contribution in [0.2, 0.25) is 0 Å². The van der Waals surface area contributed by atoms with Gasteiger partial charge in [-0.3, -0.25) is 5.10 Å². The molecule has 0 radical (unpaired) electrons. The van der Waals surface area contributed by atoms with E-state index in [9.17, 15) is 4.39 Å². The normalized spacial score (nSPS) is 10.6. The highest BCUT2D eigenvalue weighted by molar-refractivity contribution is 5.76. The van der Waals surface area contributed by atoms with Crippen LogP contribution in [0.4, 0.5) is 4.39 Å². The largest absolute Gasteiger partial charge is 0.258 e. The highest BCUT2D eigenvalue weighted by atomic mass is 19.1. The SMILES string of the molecule is FCc1cccc2[nH]nnc12. The third kappa shape index (κ3) is 0.869. The third-order valence-electron chi connectivity index (χ3n) is 1.58. The summed E-state index contributed by atoms with van der Waals surface area (Å²) in [6.07, 6.45) is 0. The van der Waals surface area contributed by atoms with E-state index in [4.69, 9.17) is 0 Å². The van der Waals surface area contributed by atoms with Crippen molar-refractivity contribution in [1.82, 2.24) is 15.4 Å². The van der Waals surface area contributed by atoms with Crippen LogP contribution in [0, 0.1) is 0 Å². The quantitative estimate of drug-likeness (QED) is 0.669. The molecule has 0 amide bonds. The lowest BCUT2D eigenvalue weighted by Crippen LogP contribution is -1.80. The summed E-state index contributed by atoms with van der Waals surface area (Å²) >= 11 is 0. The van der Waals surface area contributed by atoms with Crippen molar-refractivity contribution in [3.8, 4) is 0 Å². The van der Waals surface area contributed by atoms with E-state index in [1.807, 2.05) is 6.07 Å². The van der Waals surface area contributed by atoms with Crippen molar-refractivity contribution in [2.45, 2.75) is 6.67 Å². The molecule has 0 atom stereocenters. The maximum absolute atomic E-state index is 12.3. The fraction of sp³-hybridized carbons (Fsp3) is 0.143. The first kappa shape index (κ1) is 6.27. The van der Waals surface area contributed by atoms with Gasteiger partial charge in [-0.2, -0.15) is 0 Å². The molecule has 1 aromatic heterocycles. The number of alkyl halides is 1. The Balaban J connectivity index is 2.79. The summed E-state index contributed by atoms with van der Waals surface area (Å²) < 4.78 is 12.3. The second kappa shape index (κ2) is 2.30. The minimum Gasteiger partial charge on any atom is -0.258 e. The Morgan fingerprint density at radius 2 is 2.36 bits per heavy atom. The molecule has 2 aromatic rings. The molecule has 1 N–H and O–H groups in total. The first-order valence-corrected chi connectivity index (χ1v) is 3.26. The van der Waals surface area contributed by atoms with Crippen LogP contribution in [0.1, 0.15) is 5.56 Å². The molecule has 3 nitrogen and oxygen atoms in total. The van der Waals surface area contributed by atoms with E-state index in [-0.39, 0.29) is 0 Å². The number of hydrogen-bond donors (Lipinski definition) is 1. The first-order valence-electron chi connectivity index (χ1n) is 3.26. The number of rotatable bonds is 1. The van der Waals surface area contributed by atoms with Gasteiger partial charge in [0.1, 0.15) is 12.2 Å². The second-order valence-electron chi connectivity index (χ2n) is 2.26. The molecule has 11 heavy (non-hydrogen) atoms. The molecular weight excluding hydrogens is 145 g/mol. The molecule has 0 bridgehead atoms. The maximum Gasteiger partial charge on any atom is 0.118 e. The molecule has 2 rings (SSSR count). The number of hydrogen-bond acceptors (Lipinski definition) is 2. The number of nitrogens with zero attached hydrogens (tertiary/aromatic N) is 2. The number of halogens is 1. The molecule has 0 fully saturated rings. The predicted molar refractivity (Wildman–Crippen MR) is 38.7 cm³/mol. The van der Waals surface area contributed by atoms with Crippen LogP contribution in [-0.4, -0.2) is 15.4 Å². The van der Waals surface area contributed by atoms with Crippen LogP contribution >= 0.6 is 0 Å². The van der Waals surface area contributed by atoms with Crippen molar-refractivity contribution in [1.29, 1.82) is 0 Å². The van der Waals surface area contributed by atoms with Crippen molar-refractivity contribution < 1.29 is 4.39 Å². The van der Waals surface area contributed by atoms with Crippen molar-refractivity contribution in [2.75, 3.05) is 0 Å². The van der Waals surface area contributed by atoms with Gasteiger partial charge in [-0.25, -0.2) is 4.39 Å². The monoisotopic (exact) mass is 151 g/mol. The van der Waals surface area contributed by atoms with Crippen molar-refractivity contribution >= 4 is 11.0 Å². The smallest absolute Gasteiger partial charge is 0.118 e. The van der Waals surface area contributed by atoms with E-state index in [2.05, 4.69) is 15.4 Å². The fourth-order valence-corrected chi connectivity index (χ4v) is 1.04. The molecular formula is C7H6FN3. The lowest BCUT2D eigenvalue weighted by molar-refractivity contribution is 0.487. The summed E-state index contributed by atoms with van der Waals surface area (Å²) in [5.41, 5.74) is 1.98. The van der Waals surface area contributed by atoms with Gasteiger partial charge in [-0.15, -0.1) is 5.10 Å². The molecule has 0 spiro atoms. The highest BCUT2D eigenvalue weighted by Gasteiger charge is 2.01. The van der Waals surface area contributed by atoms with E-state index < -0.39 is 6.67 Å². The minimum atomic E-state index is -0.496. The summed E-state index contributed by atoms with van der Waals surface area (Å²) in [5.74, 6) is 0. The molecule has 0 aliphatic heterocycles. The van der Waals surface area contributed by atoms with E-state index in [1.165, 1.54) is 0 Å². The Morgan fingerprint density at radius 3 is 3.18 bits per heavy atom. The van der Waals surface area contributed by atoms with Gasteiger partial charge in [-0.1, -0.05) is 17.3 Å². The lowest BCUT2D eigenvalue weighted by Gasteiger charge is -1.91. The van der Waals surface area contributed by atoms with Crippen molar-refractivity contribution in [2.24, 2.45) is 0 Å². The van der Waals surface area contributed by atoms with Gasteiger partial charge in [-0.05, 0) is 6.07 Å². The molecule has 0 saturated heterocycles. The van der Waals surface area contributed by atoms with Crippen molar-refractivity contribution in [3.63, 3.8) is 0 Å². The van der Waals surface area contributed by atoms with Gasteiger partial charge in [0, 0.05) is 5.56 Å². The van der Waals surface area contributed by atoms with E-state index in [0.717, 1.165) is 5.52 Å². The Morgan fingerprint density at radius 1 is 1.45 bits per heavy atom. The Kier molecular flexibility index (Phi) is 1.31. The lowest BCUT2D eigenvalue weighted by atomic mass is 10.2. The van der Waals surface area contributed by atoms with Gasteiger partial charge in [0.2, 0.25) is 0 Å². The summed E-state index contributed by atoms with van der Waals surface area (Å²) in [6, 6.07) is 5.29. The summed E-state index contributed by atoms with van der Waals surface area (Å²) in [7, 11) is 0. The van der Waals surface area contributed by atoms with Gasteiger partial charge in [0.15, 0.2) is 0 Å². The van der Waals surface area contributed by atoms with Gasteiger partial charge in [0.25, 0.3) is 0 Å². The van der Waals surface area contributed by atoms with Crippen LogP contribution in [-0.2, 0) is 6.67 Å². The van der Waals surface area contributed by atoms with Crippen molar-refractivity contribution in [3.05, 3.63) is 23.8 Å². The second-order valence-corrected chi connectivity index (χ2v) is 2.26. The zero-order valence-corrected chi connectivity index (χ0v) is 5.71. The summed E-state index contributed by atoms with van der Waals surface area (Å²) in [4.78, 5) is 0. The van der Waals surface area contributed by atoms with Gasteiger partial charge in [0.05, 0.1) is 5.52 Å². The van der Waals surface area contributed by atoms with Crippen LogP contribution in [0.3, 0.4) is 0 Å². The summed E-state index contributed by atoms with van der Waals surface area (Å²) in [5, 5.41) is 9.98. The summed E-state index contributed by atoms with van der Waals surface area (Å²) in [6.45, 7) is -0.496. The average molecular weight is 151 g/mol. The number of nitrogens with one attached hydrogen (secondary N) is 1. The highest BCUT2D eigenvalue weighted by Crippen LogP contribution is 2.13. The number of benzene rings is 1. The molecule has 1 aromatic carbocycles. The molecule has 0 unspecified atom stereocenters. The zero-order chi connectivity index (χ0) is 7.68. The number of aromatic nitrogens is 3. The topological polar surface area (TPSA) is 41.6 Å². The average Bonchev–Trinajstić information content (AvgIpc) is 2.50. The minimum absolute atomic E-state index is 0.496. The molecule has 1 heterocycles. The molecule has 0 aliphatic rings. The van der Waals surface area contributed by atoms with Gasteiger partial charge >= 0.3 is 0 Å². The number of fused-ring (bicyclic) bond motifs is 1. The maximum atomic E-state index is 12.3. The predicted octanol–water partition coefficient (Wildman–Crippen LogP) is 1.43. The third-order valence-corrected chi connectivity index (χ3v) is 1.58. The number of aromatic amines is 1. The molecule has 0 saturated carbocycles. The Hall–Kier alpha value is -1.45. The molecule has 56 valence electrons. The van der Waals surface area contributed by atoms with Crippen LogP contribution in [0.5, 0.6) is 0 Å². The van der Waals surface area contributed by atoms with E-state index in [1.54, 1.807) is 12.1 Å². The zero-order valence-electron chi connectivity index (χ0n) is 5.71.